The van der Waals surface area contributed by atoms with E-state index in [0.717, 1.165) is 5.56 Å². The first kappa shape index (κ1) is 11.8. The number of rotatable bonds is 5. The normalized spacial score (nSPS) is 14.5. The van der Waals surface area contributed by atoms with E-state index in [1.54, 1.807) is 17.1 Å². The Kier molecular flexibility index (Phi) is 3.85. The number of benzene rings is 1. The molecule has 0 aliphatic carbocycles. The first-order chi connectivity index (χ1) is 8.25. The van der Waals surface area contributed by atoms with Crippen molar-refractivity contribution in [2.45, 2.75) is 25.1 Å². The van der Waals surface area contributed by atoms with Gasteiger partial charge in [0.15, 0.2) is 0 Å². The Labute approximate surface area is 99.9 Å². The second-order valence-corrected chi connectivity index (χ2v) is 4.05. The monoisotopic (exact) mass is 232 g/mol. The lowest BCUT2D eigenvalue weighted by Gasteiger charge is -2.18. The molecule has 0 amide bonds. The first-order valence-electron chi connectivity index (χ1n) is 5.57. The van der Waals surface area contributed by atoms with Gasteiger partial charge in [0, 0.05) is 12.2 Å². The molecule has 2 rings (SSSR count). The van der Waals surface area contributed by atoms with E-state index < -0.39 is 6.10 Å². The smallest absolute Gasteiger partial charge is 0.0890 e. The summed E-state index contributed by atoms with van der Waals surface area (Å²) in [4.78, 5) is 0. The van der Waals surface area contributed by atoms with Crippen molar-refractivity contribution < 1.29 is 5.11 Å². The number of nitrogens with zero attached hydrogens (tertiary/aromatic N) is 3. The lowest BCUT2D eigenvalue weighted by molar-refractivity contribution is 0.120. The molecule has 0 saturated carbocycles. The molecule has 0 spiro atoms. The molecule has 0 unspecified atom stereocenters. The van der Waals surface area contributed by atoms with E-state index in [1.807, 2.05) is 30.3 Å². The number of aliphatic hydroxyl groups is 1. The summed E-state index contributed by atoms with van der Waals surface area (Å²) in [6, 6.07) is 9.59. The van der Waals surface area contributed by atoms with Gasteiger partial charge in [-0.15, -0.1) is 5.10 Å². The van der Waals surface area contributed by atoms with Crippen molar-refractivity contribution in [3.05, 3.63) is 48.3 Å². The maximum absolute atomic E-state index is 9.94. The molecule has 0 saturated heterocycles. The fourth-order valence-electron chi connectivity index (χ4n) is 1.68. The Morgan fingerprint density at radius 3 is 2.71 bits per heavy atom. The van der Waals surface area contributed by atoms with Crippen LogP contribution in [0.4, 0.5) is 0 Å². The van der Waals surface area contributed by atoms with Gasteiger partial charge in [-0.2, -0.15) is 0 Å². The standard InChI is InChI=1S/C12H16N4O/c13-11(8-10-4-2-1-3-5-10)12(17)9-16-7-6-14-15-16/h1-7,11-12,17H,8-9,13H2/t11-,12+/m1/s1. The number of hydrogen-bond acceptors (Lipinski definition) is 4. The van der Waals surface area contributed by atoms with Crippen molar-refractivity contribution in [1.82, 2.24) is 15.0 Å². The molecule has 0 aliphatic rings. The molecule has 3 N–H and O–H groups in total. The summed E-state index contributed by atoms with van der Waals surface area (Å²) < 4.78 is 1.58. The molecular formula is C12H16N4O. The minimum atomic E-state index is -0.628. The molecule has 1 aromatic heterocycles. The van der Waals surface area contributed by atoms with Crippen molar-refractivity contribution >= 4 is 0 Å². The third-order valence-corrected chi connectivity index (χ3v) is 2.65. The van der Waals surface area contributed by atoms with Crippen LogP contribution in [0.3, 0.4) is 0 Å². The second-order valence-electron chi connectivity index (χ2n) is 4.05. The largest absolute Gasteiger partial charge is 0.390 e. The van der Waals surface area contributed by atoms with Crippen molar-refractivity contribution in [3.63, 3.8) is 0 Å². The number of aliphatic hydroxyl groups excluding tert-OH is 1. The zero-order valence-corrected chi connectivity index (χ0v) is 9.48. The highest BCUT2D eigenvalue weighted by Gasteiger charge is 2.16. The van der Waals surface area contributed by atoms with Crippen molar-refractivity contribution in [3.8, 4) is 0 Å². The highest BCUT2D eigenvalue weighted by molar-refractivity contribution is 5.16. The van der Waals surface area contributed by atoms with Gasteiger partial charge in [0.1, 0.15) is 0 Å². The Balaban J connectivity index is 1.89. The van der Waals surface area contributed by atoms with Gasteiger partial charge >= 0.3 is 0 Å². The van der Waals surface area contributed by atoms with E-state index in [4.69, 9.17) is 5.73 Å². The van der Waals surface area contributed by atoms with E-state index >= 15 is 0 Å². The molecule has 0 radical (unpaired) electrons. The van der Waals surface area contributed by atoms with E-state index in [1.165, 1.54) is 0 Å². The molecule has 5 nitrogen and oxygen atoms in total. The van der Waals surface area contributed by atoms with Gasteiger partial charge in [-0.3, -0.25) is 0 Å². The number of hydrogen-bond donors (Lipinski definition) is 2. The maximum Gasteiger partial charge on any atom is 0.0890 e. The van der Waals surface area contributed by atoms with Crippen LogP contribution in [0.25, 0.3) is 0 Å². The maximum atomic E-state index is 9.94. The molecule has 1 aromatic carbocycles. The zero-order valence-electron chi connectivity index (χ0n) is 9.48. The van der Waals surface area contributed by atoms with E-state index in [0.29, 0.717) is 13.0 Å². The molecular weight excluding hydrogens is 216 g/mol. The highest BCUT2D eigenvalue weighted by atomic mass is 16.3. The third-order valence-electron chi connectivity index (χ3n) is 2.65. The molecule has 1 heterocycles. The molecule has 2 aromatic rings. The minimum Gasteiger partial charge on any atom is -0.390 e. The topological polar surface area (TPSA) is 77.0 Å². The summed E-state index contributed by atoms with van der Waals surface area (Å²) in [6.45, 7) is 0.369. The summed E-state index contributed by atoms with van der Waals surface area (Å²) in [5.74, 6) is 0. The van der Waals surface area contributed by atoms with E-state index in [9.17, 15) is 5.11 Å². The van der Waals surface area contributed by atoms with Crippen LogP contribution in [0, 0.1) is 0 Å². The van der Waals surface area contributed by atoms with Gasteiger partial charge in [0.25, 0.3) is 0 Å². The molecule has 17 heavy (non-hydrogen) atoms. The SMILES string of the molecule is N[C@H](Cc1ccccc1)[C@@H](O)Cn1ccnn1. The van der Waals surface area contributed by atoms with Crippen LogP contribution >= 0.6 is 0 Å². The molecule has 5 heteroatoms. The van der Waals surface area contributed by atoms with Crippen LogP contribution < -0.4 is 5.73 Å². The summed E-state index contributed by atoms with van der Waals surface area (Å²) >= 11 is 0. The highest BCUT2D eigenvalue weighted by Crippen LogP contribution is 2.05. The molecule has 0 aliphatic heterocycles. The average molecular weight is 232 g/mol. The third kappa shape index (κ3) is 3.37. The van der Waals surface area contributed by atoms with Crippen LogP contribution in [0.5, 0.6) is 0 Å². The number of nitrogens with two attached hydrogens (primary N) is 1. The summed E-state index contributed by atoms with van der Waals surface area (Å²) in [5, 5.41) is 17.4. The predicted octanol–water partition coefficient (Wildman–Crippen LogP) is 0.209. The van der Waals surface area contributed by atoms with Gasteiger partial charge in [0.05, 0.1) is 18.8 Å². The minimum absolute atomic E-state index is 0.304. The average Bonchev–Trinajstić information content (AvgIpc) is 2.83. The van der Waals surface area contributed by atoms with Gasteiger partial charge in [-0.25, -0.2) is 4.68 Å². The van der Waals surface area contributed by atoms with Crippen LogP contribution in [0.15, 0.2) is 42.7 Å². The van der Waals surface area contributed by atoms with Crippen molar-refractivity contribution in [2.75, 3.05) is 0 Å². The van der Waals surface area contributed by atoms with Crippen molar-refractivity contribution in [2.24, 2.45) is 5.73 Å². The van der Waals surface area contributed by atoms with Gasteiger partial charge < -0.3 is 10.8 Å². The van der Waals surface area contributed by atoms with Crippen LogP contribution in [0.2, 0.25) is 0 Å². The van der Waals surface area contributed by atoms with E-state index in [-0.39, 0.29) is 6.04 Å². The lowest BCUT2D eigenvalue weighted by atomic mass is 10.0. The first-order valence-corrected chi connectivity index (χ1v) is 5.57. The zero-order chi connectivity index (χ0) is 12.1. The summed E-state index contributed by atoms with van der Waals surface area (Å²) in [6.07, 6.45) is 3.31. The molecule has 0 bridgehead atoms. The number of aromatic nitrogens is 3. The second kappa shape index (κ2) is 5.56. The Bertz CT molecular complexity index is 429. The van der Waals surface area contributed by atoms with Gasteiger partial charge in [0.2, 0.25) is 0 Å². The van der Waals surface area contributed by atoms with Crippen LogP contribution in [-0.4, -0.2) is 32.2 Å². The van der Waals surface area contributed by atoms with Crippen LogP contribution in [-0.2, 0) is 13.0 Å². The lowest BCUT2D eigenvalue weighted by Crippen LogP contribution is -2.39. The molecule has 90 valence electrons. The van der Waals surface area contributed by atoms with Crippen molar-refractivity contribution in [1.29, 1.82) is 0 Å². The Morgan fingerprint density at radius 1 is 1.29 bits per heavy atom. The fraction of sp³-hybridized carbons (Fsp3) is 0.333. The summed E-state index contributed by atoms with van der Waals surface area (Å²) in [5.41, 5.74) is 7.08. The van der Waals surface area contributed by atoms with Gasteiger partial charge in [-0.05, 0) is 12.0 Å². The molecule has 0 fully saturated rings. The Morgan fingerprint density at radius 2 is 2.06 bits per heavy atom. The fourth-order valence-corrected chi connectivity index (χ4v) is 1.68. The van der Waals surface area contributed by atoms with Crippen LogP contribution in [0.1, 0.15) is 5.56 Å². The summed E-state index contributed by atoms with van der Waals surface area (Å²) in [7, 11) is 0. The Hall–Kier alpha value is -1.72. The quantitative estimate of drug-likeness (QED) is 0.772. The molecule has 2 atom stereocenters. The van der Waals surface area contributed by atoms with E-state index in [2.05, 4.69) is 10.3 Å². The van der Waals surface area contributed by atoms with Gasteiger partial charge in [-0.1, -0.05) is 35.5 Å². The predicted molar refractivity (Wildman–Crippen MR) is 64.2 cm³/mol.